The predicted molar refractivity (Wildman–Crippen MR) is 94.0 cm³/mol. The van der Waals surface area contributed by atoms with Gasteiger partial charge in [-0.3, -0.25) is 19.2 Å². The maximum atomic E-state index is 12.0. The molecule has 0 saturated carbocycles. The van der Waals surface area contributed by atoms with E-state index in [-0.39, 0.29) is 29.2 Å². The third kappa shape index (κ3) is 4.91. The quantitative estimate of drug-likeness (QED) is 0.638. The Labute approximate surface area is 149 Å². The number of hydrogen-bond acceptors (Lipinski definition) is 5. The van der Waals surface area contributed by atoms with Crippen molar-refractivity contribution >= 4 is 29.2 Å². The normalized spacial score (nSPS) is 10.0. The lowest BCUT2D eigenvalue weighted by Crippen LogP contribution is -2.22. The number of benzene rings is 2. The number of ketones is 1. The number of carbonyl (C=O) groups excluding carboxylic acids is 4. The van der Waals surface area contributed by atoms with Crippen LogP contribution in [0.5, 0.6) is 5.75 Å². The lowest BCUT2D eigenvalue weighted by molar-refractivity contribution is -0.118. The summed E-state index contributed by atoms with van der Waals surface area (Å²) in [5.41, 5.74) is 11.2. The molecule has 0 atom stereocenters. The van der Waals surface area contributed by atoms with Crippen molar-refractivity contribution < 1.29 is 23.9 Å². The molecule has 0 heterocycles. The smallest absolute Gasteiger partial charge is 0.262 e. The second kappa shape index (κ2) is 7.93. The van der Waals surface area contributed by atoms with Crippen molar-refractivity contribution in [1.29, 1.82) is 0 Å². The van der Waals surface area contributed by atoms with Gasteiger partial charge >= 0.3 is 0 Å². The first kappa shape index (κ1) is 18.7. The van der Waals surface area contributed by atoms with E-state index in [0.29, 0.717) is 11.3 Å². The standard InChI is InChI=1S/C18H17N3O5/c1-10(22)11-2-4-15(5-3-11)26-9-16(23)21-14-7-12(17(19)24)6-13(8-14)18(20)25/h2-8H,9H2,1H3,(H2,19,24)(H2,20,25)(H,21,23). The van der Waals surface area contributed by atoms with Gasteiger partial charge in [-0.1, -0.05) is 0 Å². The van der Waals surface area contributed by atoms with Gasteiger partial charge in [-0.2, -0.15) is 0 Å². The summed E-state index contributed by atoms with van der Waals surface area (Å²) in [6, 6.07) is 10.2. The molecule has 0 radical (unpaired) electrons. The molecule has 2 aromatic rings. The Morgan fingerprint density at radius 3 is 1.88 bits per heavy atom. The van der Waals surface area contributed by atoms with Crippen LogP contribution in [-0.4, -0.2) is 30.1 Å². The van der Waals surface area contributed by atoms with Gasteiger partial charge in [-0.15, -0.1) is 0 Å². The molecule has 2 aromatic carbocycles. The van der Waals surface area contributed by atoms with Crippen LogP contribution >= 0.6 is 0 Å². The first-order valence-corrected chi connectivity index (χ1v) is 7.54. The van der Waals surface area contributed by atoms with Gasteiger partial charge < -0.3 is 21.5 Å². The van der Waals surface area contributed by atoms with E-state index in [4.69, 9.17) is 16.2 Å². The van der Waals surface area contributed by atoms with E-state index in [0.717, 1.165) is 0 Å². The number of nitrogens with one attached hydrogen (secondary N) is 1. The molecule has 26 heavy (non-hydrogen) atoms. The Morgan fingerprint density at radius 2 is 1.42 bits per heavy atom. The summed E-state index contributed by atoms with van der Waals surface area (Å²) < 4.78 is 5.32. The van der Waals surface area contributed by atoms with Crippen molar-refractivity contribution in [1.82, 2.24) is 0 Å². The van der Waals surface area contributed by atoms with Gasteiger partial charge in [0.15, 0.2) is 12.4 Å². The summed E-state index contributed by atoms with van der Waals surface area (Å²) in [7, 11) is 0. The second-order valence-electron chi connectivity index (χ2n) is 5.44. The highest BCUT2D eigenvalue weighted by Gasteiger charge is 2.11. The molecular formula is C18H17N3O5. The van der Waals surface area contributed by atoms with Crippen molar-refractivity contribution in [3.8, 4) is 5.75 Å². The molecule has 0 saturated heterocycles. The van der Waals surface area contributed by atoms with Gasteiger partial charge in [-0.05, 0) is 49.4 Å². The summed E-state index contributed by atoms with van der Waals surface area (Å²) in [4.78, 5) is 45.8. The van der Waals surface area contributed by atoms with Crippen LogP contribution in [0.15, 0.2) is 42.5 Å². The molecule has 0 spiro atoms. The van der Waals surface area contributed by atoms with Crippen LogP contribution in [0, 0.1) is 0 Å². The van der Waals surface area contributed by atoms with Gasteiger partial charge in [0, 0.05) is 22.4 Å². The topological polar surface area (TPSA) is 142 Å². The van der Waals surface area contributed by atoms with Crippen LogP contribution in [0.4, 0.5) is 5.69 Å². The van der Waals surface area contributed by atoms with Gasteiger partial charge in [0.25, 0.3) is 5.91 Å². The minimum atomic E-state index is -0.759. The Balaban J connectivity index is 2.04. The number of ether oxygens (including phenoxy) is 1. The number of anilines is 1. The first-order chi connectivity index (χ1) is 12.3. The number of amides is 3. The number of carbonyl (C=O) groups is 4. The summed E-state index contributed by atoms with van der Waals surface area (Å²) in [6.45, 7) is 1.13. The van der Waals surface area contributed by atoms with E-state index in [9.17, 15) is 19.2 Å². The number of primary amides is 2. The SMILES string of the molecule is CC(=O)c1ccc(OCC(=O)Nc2cc(C(N)=O)cc(C(N)=O)c2)cc1. The van der Waals surface area contributed by atoms with Crippen molar-refractivity contribution in [3.05, 3.63) is 59.2 Å². The third-order valence-electron chi connectivity index (χ3n) is 3.42. The van der Waals surface area contributed by atoms with Gasteiger partial charge in [-0.25, -0.2) is 0 Å². The summed E-state index contributed by atoms with van der Waals surface area (Å²) in [5, 5.41) is 2.50. The number of hydrogen-bond donors (Lipinski definition) is 3. The van der Waals surface area contributed by atoms with Crippen molar-refractivity contribution in [2.45, 2.75) is 6.92 Å². The van der Waals surface area contributed by atoms with Crippen LogP contribution in [0.3, 0.4) is 0 Å². The largest absolute Gasteiger partial charge is 0.484 e. The molecule has 2 rings (SSSR count). The predicted octanol–water partition coefficient (Wildman–Crippen LogP) is 1.10. The average molecular weight is 355 g/mol. The Hall–Kier alpha value is -3.68. The zero-order chi connectivity index (χ0) is 19.3. The fraction of sp³-hybridized carbons (Fsp3) is 0.111. The van der Waals surface area contributed by atoms with E-state index >= 15 is 0 Å². The molecule has 8 nitrogen and oxygen atoms in total. The molecular weight excluding hydrogens is 338 g/mol. The van der Waals surface area contributed by atoms with Crippen LogP contribution in [0.2, 0.25) is 0 Å². The fourth-order valence-corrected chi connectivity index (χ4v) is 2.12. The van der Waals surface area contributed by atoms with Crippen molar-refractivity contribution in [2.75, 3.05) is 11.9 Å². The van der Waals surface area contributed by atoms with Crippen LogP contribution < -0.4 is 21.5 Å². The highest BCUT2D eigenvalue weighted by Crippen LogP contribution is 2.16. The lowest BCUT2D eigenvalue weighted by Gasteiger charge is -2.10. The molecule has 0 aliphatic rings. The fourth-order valence-electron chi connectivity index (χ4n) is 2.12. The molecule has 0 bridgehead atoms. The maximum absolute atomic E-state index is 12.0. The van der Waals surface area contributed by atoms with E-state index in [1.54, 1.807) is 24.3 Å². The summed E-state index contributed by atoms with van der Waals surface area (Å²) in [6.07, 6.45) is 0. The van der Waals surface area contributed by atoms with Crippen LogP contribution in [0.25, 0.3) is 0 Å². The zero-order valence-electron chi connectivity index (χ0n) is 13.9. The highest BCUT2D eigenvalue weighted by atomic mass is 16.5. The second-order valence-corrected chi connectivity index (χ2v) is 5.44. The van der Waals surface area contributed by atoms with E-state index in [1.165, 1.54) is 25.1 Å². The minimum Gasteiger partial charge on any atom is -0.484 e. The molecule has 134 valence electrons. The van der Waals surface area contributed by atoms with Crippen molar-refractivity contribution in [2.24, 2.45) is 11.5 Å². The van der Waals surface area contributed by atoms with Gasteiger partial charge in [0.05, 0.1) is 0 Å². The molecule has 0 aliphatic heterocycles. The number of Topliss-reactive ketones (excluding diaryl/α,β-unsaturated/α-hetero) is 1. The zero-order valence-corrected chi connectivity index (χ0v) is 13.9. The average Bonchev–Trinajstić information content (AvgIpc) is 2.59. The highest BCUT2D eigenvalue weighted by molar-refractivity contribution is 6.01. The molecule has 0 aliphatic carbocycles. The van der Waals surface area contributed by atoms with E-state index < -0.39 is 17.7 Å². The number of rotatable bonds is 7. The molecule has 0 unspecified atom stereocenters. The lowest BCUT2D eigenvalue weighted by atomic mass is 10.1. The Kier molecular flexibility index (Phi) is 5.69. The minimum absolute atomic E-state index is 0.0392. The number of nitrogens with two attached hydrogens (primary N) is 2. The van der Waals surface area contributed by atoms with Crippen LogP contribution in [-0.2, 0) is 4.79 Å². The van der Waals surface area contributed by atoms with Crippen molar-refractivity contribution in [3.63, 3.8) is 0 Å². The van der Waals surface area contributed by atoms with E-state index in [2.05, 4.69) is 5.32 Å². The molecule has 0 fully saturated rings. The molecule has 0 aromatic heterocycles. The summed E-state index contributed by atoms with van der Waals surface area (Å²) in [5.74, 6) is -1.70. The molecule has 3 amide bonds. The maximum Gasteiger partial charge on any atom is 0.262 e. The Morgan fingerprint density at radius 1 is 0.885 bits per heavy atom. The van der Waals surface area contributed by atoms with Gasteiger partial charge in [0.2, 0.25) is 11.8 Å². The van der Waals surface area contributed by atoms with E-state index in [1.807, 2.05) is 0 Å². The third-order valence-corrected chi connectivity index (χ3v) is 3.42. The molecule has 8 heteroatoms. The van der Waals surface area contributed by atoms with Crippen LogP contribution in [0.1, 0.15) is 38.0 Å². The molecule has 5 N–H and O–H groups in total. The summed E-state index contributed by atoms with van der Waals surface area (Å²) >= 11 is 0. The first-order valence-electron chi connectivity index (χ1n) is 7.54. The monoisotopic (exact) mass is 355 g/mol. The van der Waals surface area contributed by atoms with Gasteiger partial charge in [0.1, 0.15) is 5.75 Å². The Bertz CT molecular complexity index is 843.